The van der Waals surface area contributed by atoms with Gasteiger partial charge in [-0.3, -0.25) is 0 Å². The van der Waals surface area contributed by atoms with Crippen LogP contribution in [-0.2, 0) is 21.8 Å². The molecule has 2 aromatic rings. The zero-order valence-electron chi connectivity index (χ0n) is 20.7. The Hall–Kier alpha value is 0.261. The number of halogens is 2. The van der Waals surface area contributed by atoms with Crippen molar-refractivity contribution in [3.63, 3.8) is 0 Å². The van der Waals surface area contributed by atoms with E-state index < -0.39 is 25.3 Å². The van der Waals surface area contributed by atoms with Gasteiger partial charge in [-0.2, -0.15) is 22.7 Å². The molecular weight excluding hydrogens is 477 g/mol. The number of hydrogen-bond acceptors (Lipinski definition) is 1. The van der Waals surface area contributed by atoms with E-state index in [2.05, 4.69) is 85.3 Å². The van der Waals surface area contributed by atoms with Crippen LogP contribution in [0.5, 0.6) is 0 Å². The van der Waals surface area contributed by atoms with Gasteiger partial charge in [-0.15, -0.1) is 23.1 Å². The van der Waals surface area contributed by atoms with Gasteiger partial charge in [0.15, 0.2) is 0 Å². The van der Waals surface area contributed by atoms with E-state index in [-0.39, 0.29) is 11.1 Å². The summed E-state index contributed by atoms with van der Waals surface area (Å²) in [6, 6.07) is 12.6. The fourth-order valence-electron chi connectivity index (χ4n) is 4.16. The van der Waals surface area contributed by atoms with Crippen molar-refractivity contribution in [2.45, 2.75) is 97.9 Å². The Morgan fingerprint density at radius 2 is 1.61 bits per heavy atom. The molecule has 6 heteroatoms. The Labute approximate surface area is 208 Å². The third-order valence-corrected chi connectivity index (χ3v) is 9.37. The van der Waals surface area contributed by atoms with E-state index in [9.17, 15) is 0 Å². The van der Waals surface area contributed by atoms with Crippen LogP contribution in [0.2, 0.25) is 12.6 Å². The molecule has 0 N–H and O–H groups in total. The van der Waals surface area contributed by atoms with Crippen molar-refractivity contribution in [2.24, 2.45) is 0 Å². The fraction of sp³-hybridized carbons (Fsp3) is 0.640. The molecule has 0 fully saturated rings. The van der Waals surface area contributed by atoms with Gasteiger partial charge in [0.25, 0.3) is 0 Å². The average Bonchev–Trinajstić information content (AvgIpc) is 3.05. The number of rotatable bonds is 9. The molecule has 0 aromatic heterocycles. The van der Waals surface area contributed by atoms with E-state index in [0.717, 1.165) is 13.0 Å². The summed E-state index contributed by atoms with van der Waals surface area (Å²) in [5, 5.41) is 4.36. The van der Waals surface area contributed by atoms with Crippen LogP contribution < -0.4 is 5.19 Å². The zero-order valence-corrected chi connectivity index (χ0v) is 24.8. The number of fused-ring (bicyclic) bond motifs is 1. The van der Waals surface area contributed by atoms with E-state index in [0.29, 0.717) is 0 Å². The summed E-state index contributed by atoms with van der Waals surface area (Å²) in [6.07, 6.45) is 4.94. The molecule has 1 unspecified atom stereocenters. The summed E-state index contributed by atoms with van der Waals surface area (Å²) in [4.78, 5) is 5.44. The molecule has 1 atom stereocenters. The molecule has 0 saturated carbocycles. The second kappa shape index (κ2) is 13.2. The molecule has 31 heavy (non-hydrogen) atoms. The Morgan fingerprint density at radius 1 is 1.00 bits per heavy atom. The molecule has 0 saturated heterocycles. The molecule has 0 amide bonds. The molecule has 0 heterocycles. The van der Waals surface area contributed by atoms with E-state index in [1.54, 1.807) is 0 Å². The normalized spacial score (nSPS) is 14.1. The summed E-state index contributed by atoms with van der Waals surface area (Å²) in [5.41, 5.74) is 1.36. The molecule has 0 spiro atoms. The molecule has 2 nitrogen and oxygen atoms in total. The van der Waals surface area contributed by atoms with Crippen molar-refractivity contribution >= 4 is 42.8 Å². The van der Waals surface area contributed by atoms with Gasteiger partial charge in [-0.1, -0.05) is 72.5 Å². The average molecular weight is 518 g/mol. The minimum atomic E-state index is -1.90. The SMILES string of the molecule is Cc1cccc2c1cc[c-]2[Si](C)(CCCCCCOC(C)(C)C)[N-]C(C)(C)C.[Cl][Ti][Cl]. The molecule has 0 aliphatic rings. The summed E-state index contributed by atoms with van der Waals surface area (Å²) in [5.74, 6) is 0. The first-order valence-corrected chi connectivity index (χ1v) is 18.3. The van der Waals surface area contributed by atoms with Crippen molar-refractivity contribution in [1.29, 1.82) is 0 Å². The Balaban J connectivity index is 0.00000151. The van der Waals surface area contributed by atoms with Crippen LogP contribution in [-0.4, -0.2) is 26.0 Å². The van der Waals surface area contributed by atoms with E-state index in [1.165, 1.54) is 46.8 Å². The minimum absolute atomic E-state index is 0.00887. The van der Waals surface area contributed by atoms with Gasteiger partial charge in [0.05, 0.1) is 5.60 Å². The van der Waals surface area contributed by atoms with E-state index >= 15 is 0 Å². The Bertz CT molecular complexity index is 782. The van der Waals surface area contributed by atoms with Gasteiger partial charge in [-0.05, 0) is 34.1 Å². The van der Waals surface area contributed by atoms with Crippen LogP contribution in [0.3, 0.4) is 0 Å². The van der Waals surface area contributed by atoms with Crippen LogP contribution in [0.25, 0.3) is 15.8 Å². The Kier molecular flexibility index (Phi) is 12.5. The molecule has 2 aromatic carbocycles. The van der Waals surface area contributed by atoms with Crippen LogP contribution >= 0.6 is 18.6 Å². The predicted molar refractivity (Wildman–Crippen MR) is 139 cm³/mol. The molecule has 176 valence electrons. The zero-order chi connectivity index (χ0) is 23.7. The number of aryl methyl sites for hydroxylation is 1. The van der Waals surface area contributed by atoms with Gasteiger partial charge in [0, 0.05) is 6.61 Å². The monoisotopic (exact) mass is 517 g/mol. The van der Waals surface area contributed by atoms with Gasteiger partial charge in [-0.25, -0.2) is 0 Å². The quantitative estimate of drug-likeness (QED) is 0.185. The van der Waals surface area contributed by atoms with Gasteiger partial charge in [0.1, 0.15) is 0 Å². The number of unbranched alkanes of at least 4 members (excludes halogenated alkanes) is 3. The van der Waals surface area contributed by atoms with Crippen LogP contribution in [0, 0.1) is 6.92 Å². The van der Waals surface area contributed by atoms with Crippen molar-refractivity contribution in [3.05, 3.63) is 40.9 Å². The van der Waals surface area contributed by atoms with E-state index in [1.807, 2.05) is 0 Å². The summed E-state index contributed by atoms with van der Waals surface area (Å²) in [7, 11) is 7.88. The van der Waals surface area contributed by atoms with Crippen molar-refractivity contribution in [1.82, 2.24) is 0 Å². The summed E-state index contributed by atoms with van der Waals surface area (Å²) in [6.45, 7) is 18.7. The van der Waals surface area contributed by atoms with E-state index in [4.69, 9.17) is 28.3 Å². The standard InChI is InChI=1S/C25H41NOSi.2ClH.Ti/c1-20-14-13-15-22-21(20)16-17-23(22)28(8,26-24(2,3)4)19-12-10-9-11-18-27-25(5,6)7;;;/h13-17H,9-12,18-19H2,1-8H3;2*1H;/q-2;;;+2/p-2. The number of nitrogens with zero attached hydrogens (tertiary/aromatic N) is 1. The number of benzene rings is 1. The topological polar surface area (TPSA) is 23.3 Å². The molecule has 0 radical (unpaired) electrons. The third kappa shape index (κ3) is 10.8. The maximum absolute atomic E-state index is 5.85. The third-order valence-electron chi connectivity index (χ3n) is 5.29. The molecule has 0 bridgehead atoms. The first-order chi connectivity index (χ1) is 14.3. The van der Waals surface area contributed by atoms with Crippen molar-refractivity contribution in [2.75, 3.05) is 6.61 Å². The van der Waals surface area contributed by atoms with Gasteiger partial charge in [0.2, 0.25) is 0 Å². The predicted octanol–water partition coefficient (Wildman–Crippen LogP) is 8.57. The second-order valence-electron chi connectivity index (χ2n) is 10.5. The Morgan fingerprint density at radius 3 is 2.19 bits per heavy atom. The van der Waals surface area contributed by atoms with Gasteiger partial charge < -0.3 is 9.72 Å². The molecule has 2 rings (SSSR count). The number of ether oxygens (including phenoxy) is 1. The first-order valence-electron chi connectivity index (χ1n) is 11.3. The first kappa shape index (κ1) is 29.3. The summed E-state index contributed by atoms with van der Waals surface area (Å²) >= 11 is -0.556. The van der Waals surface area contributed by atoms with Crippen molar-refractivity contribution < 1.29 is 21.8 Å². The van der Waals surface area contributed by atoms with Crippen molar-refractivity contribution in [3.8, 4) is 0 Å². The second-order valence-corrected chi connectivity index (χ2v) is 16.9. The van der Waals surface area contributed by atoms with Gasteiger partial charge >= 0.3 is 35.6 Å². The molecular formula is C25H41Cl2NOSiTi-2. The summed E-state index contributed by atoms with van der Waals surface area (Å²) < 4.78 is 5.85. The van der Waals surface area contributed by atoms with Crippen LogP contribution in [0.1, 0.15) is 72.8 Å². The fourth-order valence-corrected chi connectivity index (χ4v) is 8.32. The maximum atomic E-state index is 5.85. The molecule has 0 aliphatic carbocycles. The van der Waals surface area contributed by atoms with Crippen LogP contribution in [0.4, 0.5) is 0 Å². The molecule has 0 aliphatic heterocycles. The van der Waals surface area contributed by atoms with Crippen LogP contribution in [0.15, 0.2) is 30.3 Å². The number of hydrogen-bond donors (Lipinski definition) is 0.